The fourth-order valence-electron chi connectivity index (χ4n) is 2.78. The van der Waals surface area contributed by atoms with E-state index in [-0.39, 0.29) is 18.1 Å². The Kier molecular flexibility index (Phi) is 6.34. The summed E-state index contributed by atoms with van der Waals surface area (Å²) < 4.78 is 12.6. The van der Waals surface area contributed by atoms with Crippen LogP contribution in [-0.2, 0) is 11.8 Å². The number of benzene rings is 1. The van der Waals surface area contributed by atoms with Gasteiger partial charge in [0.2, 0.25) is 0 Å². The van der Waals surface area contributed by atoms with Gasteiger partial charge in [-0.1, -0.05) is 11.8 Å². The second-order valence-corrected chi connectivity index (χ2v) is 7.09. The van der Waals surface area contributed by atoms with E-state index in [2.05, 4.69) is 22.3 Å². The van der Waals surface area contributed by atoms with Gasteiger partial charge in [0, 0.05) is 37.5 Å². The number of nitrogens with one attached hydrogen (secondary N) is 1. The van der Waals surface area contributed by atoms with Crippen LogP contribution >= 0.6 is 0 Å². The van der Waals surface area contributed by atoms with Crippen molar-refractivity contribution in [2.24, 2.45) is 18.7 Å². The maximum atomic E-state index is 12.7. The summed E-state index contributed by atoms with van der Waals surface area (Å²) in [5.41, 5.74) is 7.20. The molecule has 148 valence electrons. The normalized spacial score (nSPS) is 15.3. The third-order valence-corrected chi connectivity index (χ3v) is 4.38. The number of hydrogen-bond acceptors (Lipinski definition) is 5. The number of nitrogens with two attached hydrogens (primary N) is 1. The molecule has 3 N–H and O–H groups in total. The Balaban J connectivity index is 1.83. The fourth-order valence-corrected chi connectivity index (χ4v) is 2.78. The van der Waals surface area contributed by atoms with Crippen LogP contribution in [0, 0.1) is 17.8 Å². The highest BCUT2D eigenvalue weighted by Crippen LogP contribution is 2.31. The number of hydrogen-bond donors (Lipinski definition) is 2. The Morgan fingerprint density at radius 2 is 2.21 bits per heavy atom. The van der Waals surface area contributed by atoms with E-state index in [0.717, 1.165) is 12.8 Å². The van der Waals surface area contributed by atoms with Crippen LogP contribution in [0.3, 0.4) is 0 Å². The lowest BCUT2D eigenvalue weighted by molar-refractivity contribution is 0.0917. The molecule has 1 unspecified atom stereocenters. The number of nitrogens with zero attached hydrogens (tertiary/aromatic N) is 2. The molecule has 0 aliphatic heterocycles. The van der Waals surface area contributed by atoms with Gasteiger partial charge < -0.3 is 20.5 Å². The van der Waals surface area contributed by atoms with Crippen molar-refractivity contribution in [2.45, 2.75) is 31.9 Å². The van der Waals surface area contributed by atoms with Gasteiger partial charge >= 0.3 is 0 Å². The monoisotopic (exact) mass is 382 g/mol. The lowest BCUT2D eigenvalue weighted by Gasteiger charge is -2.15. The summed E-state index contributed by atoms with van der Waals surface area (Å²) in [4.78, 5) is 12.7. The first-order valence-corrected chi connectivity index (χ1v) is 9.33. The van der Waals surface area contributed by atoms with E-state index in [0.29, 0.717) is 35.2 Å². The van der Waals surface area contributed by atoms with Crippen molar-refractivity contribution in [3.63, 3.8) is 0 Å². The van der Waals surface area contributed by atoms with E-state index in [9.17, 15) is 4.79 Å². The molecule has 1 aliphatic carbocycles. The van der Waals surface area contributed by atoms with Gasteiger partial charge in [0.15, 0.2) is 5.82 Å². The van der Waals surface area contributed by atoms with Crippen molar-refractivity contribution < 1.29 is 14.3 Å². The third-order valence-electron chi connectivity index (χ3n) is 4.38. The molecular formula is C21H26N4O3. The summed E-state index contributed by atoms with van der Waals surface area (Å²) in [5, 5.41) is 6.95. The molecule has 1 saturated carbocycles. The van der Waals surface area contributed by atoms with Gasteiger partial charge in [-0.15, -0.1) is 0 Å². The second kappa shape index (κ2) is 8.91. The first-order chi connectivity index (χ1) is 13.4. The second-order valence-electron chi connectivity index (χ2n) is 7.09. The topological polar surface area (TPSA) is 91.4 Å². The largest absolute Gasteiger partial charge is 0.488 e. The Labute approximate surface area is 165 Å². The first kappa shape index (κ1) is 19.9. The number of anilines is 1. The summed E-state index contributed by atoms with van der Waals surface area (Å²) >= 11 is 0. The Morgan fingerprint density at radius 1 is 1.43 bits per heavy atom. The van der Waals surface area contributed by atoms with Crippen molar-refractivity contribution in [1.82, 2.24) is 9.78 Å². The minimum Gasteiger partial charge on any atom is -0.488 e. The minimum absolute atomic E-state index is 0.136. The number of rotatable bonds is 7. The Bertz CT molecular complexity index is 893. The van der Waals surface area contributed by atoms with Crippen molar-refractivity contribution in [1.29, 1.82) is 0 Å². The number of amides is 1. The predicted octanol–water partition coefficient (Wildman–Crippen LogP) is 2.17. The summed E-state index contributed by atoms with van der Waals surface area (Å²) in [5.74, 6) is 7.42. The molecule has 7 nitrogen and oxygen atoms in total. The highest BCUT2D eigenvalue weighted by Gasteiger charge is 2.27. The number of aryl methyl sites for hydroxylation is 1. The average molecular weight is 382 g/mol. The van der Waals surface area contributed by atoms with Gasteiger partial charge in [-0.25, -0.2) is 0 Å². The van der Waals surface area contributed by atoms with Crippen molar-refractivity contribution in [3.8, 4) is 17.6 Å². The van der Waals surface area contributed by atoms with E-state index in [1.54, 1.807) is 43.2 Å². The number of aromatic nitrogens is 2. The van der Waals surface area contributed by atoms with Crippen LogP contribution in [0.15, 0.2) is 30.5 Å². The van der Waals surface area contributed by atoms with Gasteiger partial charge in [-0.2, -0.15) is 5.10 Å². The van der Waals surface area contributed by atoms with Crippen molar-refractivity contribution in [3.05, 3.63) is 41.6 Å². The third kappa shape index (κ3) is 5.59. The molecule has 1 fully saturated rings. The molecule has 0 spiro atoms. The number of ether oxygens (including phenoxy) is 2. The van der Waals surface area contributed by atoms with Gasteiger partial charge in [-0.3, -0.25) is 9.48 Å². The highest BCUT2D eigenvalue weighted by atomic mass is 16.5. The molecule has 1 aromatic carbocycles. The molecule has 0 radical (unpaired) electrons. The first-order valence-electron chi connectivity index (χ1n) is 9.33. The standard InChI is InChI=1S/C21H26N4O3/c1-14(13-27-3)28-18-11-15(4-7-19(22)16-5-6-16)10-17(12-18)21(26)23-20-8-9-25(2)24-20/h8-12,14,16,19H,5-6,13,22H2,1-3H3,(H,23,24,26)/t14-,19?/m0/s1. The molecule has 0 bridgehead atoms. The summed E-state index contributed by atoms with van der Waals surface area (Å²) in [7, 11) is 3.41. The van der Waals surface area contributed by atoms with E-state index in [4.69, 9.17) is 15.2 Å². The number of methoxy groups -OCH3 is 1. The molecule has 2 atom stereocenters. The molecule has 1 aliphatic rings. The van der Waals surface area contributed by atoms with Crippen LogP contribution in [0.5, 0.6) is 5.75 Å². The number of carbonyl (C=O) groups is 1. The van der Waals surface area contributed by atoms with Crippen LogP contribution < -0.4 is 15.8 Å². The zero-order valence-electron chi connectivity index (χ0n) is 16.4. The van der Waals surface area contributed by atoms with E-state index >= 15 is 0 Å². The molecule has 7 heteroatoms. The lowest BCUT2D eigenvalue weighted by atomic mass is 10.1. The minimum atomic E-state index is -0.280. The van der Waals surface area contributed by atoms with Crippen molar-refractivity contribution >= 4 is 11.7 Å². The lowest BCUT2D eigenvalue weighted by Crippen LogP contribution is -2.20. The van der Waals surface area contributed by atoms with Gasteiger partial charge in [0.05, 0.1) is 12.6 Å². The molecule has 28 heavy (non-hydrogen) atoms. The quantitative estimate of drug-likeness (QED) is 0.716. The van der Waals surface area contributed by atoms with Gasteiger partial charge in [0.25, 0.3) is 5.91 Å². The van der Waals surface area contributed by atoms with E-state index in [1.165, 1.54) is 0 Å². The Morgan fingerprint density at radius 3 is 2.86 bits per heavy atom. The maximum Gasteiger partial charge on any atom is 0.257 e. The number of carbonyl (C=O) groups excluding carboxylic acids is 1. The summed E-state index contributed by atoms with van der Waals surface area (Å²) in [6, 6.07) is 6.84. The van der Waals surface area contributed by atoms with Crippen LogP contribution in [0.2, 0.25) is 0 Å². The van der Waals surface area contributed by atoms with Crippen molar-refractivity contribution in [2.75, 3.05) is 19.0 Å². The SMILES string of the molecule is COC[C@H](C)Oc1cc(C#CC(N)C2CC2)cc(C(=O)Nc2ccn(C)n2)c1. The average Bonchev–Trinajstić information content (AvgIpc) is 3.42. The maximum absolute atomic E-state index is 12.7. The molecule has 1 amide bonds. The van der Waals surface area contributed by atoms with Gasteiger partial charge in [0.1, 0.15) is 11.9 Å². The smallest absolute Gasteiger partial charge is 0.257 e. The zero-order valence-corrected chi connectivity index (χ0v) is 16.4. The van der Waals surface area contributed by atoms with Crippen LogP contribution in [0.1, 0.15) is 35.7 Å². The Hall–Kier alpha value is -2.82. The highest BCUT2D eigenvalue weighted by molar-refractivity contribution is 6.04. The van der Waals surface area contributed by atoms with E-state index < -0.39 is 0 Å². The zero-order chi connectivity index (χ0) is 20.1. The summed E-state index contributed by atoms with van der Waals surface area (Å²) in [6.45, 7) is 2.34. The predicted molar refractivity (Wildman–Crippen MR) is 107 cm³/mol. The fraction of sp³-hybridized carbons (Fsp3) is 0.429. The van der Waals surface area contributed by atoms with Crippen LogP contribution in [0.25, 0.3) is 0 Å². The van der Waals surface area contributed by atoms with Crippen LogP contribution in [0.4, 0.5) is 5.82 Å². The molecule has 2 aromatic rings. The molecule has 1 heterocycles. The molecular weight excluding hydrogens is 356 g/mol. The van der Waals surface area contributed by atoms with Gasteiger partial charge in [-0.05, 0) is 43.9 Å². The molecule has 1 aromatic heterocycles. The summed E-state index contributed by atoms with van der Waals surface area (Å²) in [6.07, 6.45) is 3.86. The molecule has 3 rings (SSSR count). The van der Waals surface area contributed by atoms with E-state index in [1.807, 2.05) is 13.0 Å². The molecule has 0 saturated heterocycles. The van der Waals surface area contributed by atoms with Crippen LogP contribution in [-0.4, -0.2) is 41.6 Å².